The minimum absolute atomic E-state index is 1.17. The summed E-state index contributed by atoms with van der Waals surface area (Å²) in [6.45, 7) is 0. The molecule has 6 aromatic carbocycles. The van der Waals surface area contributed by atoms with Gasteiger partial charge >= 0.3 is 0 Å². The van der Waals surface area contributed by atoms with Gasteiger partial charge in [0.2, 0.25) is 0 Å². The third-order valence-corrected chi connectivity index (χ3v) is 9.88. The van der Waals surface area contributed by atoms with Crippen LogP contribution in [-0.4, -0.2) is 9.55 Å². The van der Waals surface area contributed by atoms with Crippen LogP contribution in [-0.2, 0) is 0 Å². The van der Waals surface area contributed by atoms with E-state index in [1.54, 1.807) is 0 Å². The van der Waals surface area contributed by atoms with E-state index in [2.05, 4.69) is 155 Å². The number of thiophene rings is 1. The quantitative estimate of drug-likeness (QED) is 0.203. The predicted octanol–water partition coefficient (Wildman–Crippen LogP) is 11.5. The fourth-order valence-electron chi connectivity index (χ4n) is 6.65. The molecule has 0 bridgehead atoms. The van der Waals surface area contributed by atoms with Crippen molar-refractivity contribution in [3.8, 4) is 39.1 Å². The Morgan fingerprint density at radius 1 is 0.455 bits per heavy atom. The molecular formula is C41H26N2S. The van der Waals surface area contributed by atoms with Gasteiger partial charge in [-0.2, -0.15) is 0 Å². The number of aromatic nitrogens is 2. The van der Waals surface area contributed by atoms with Crippen LogP contribution in [0.15, 0.2) is 158 Å². The fourth-order valence-corrected chi connectivity index (χ4v) is 7.86. The van der Waals surface area contributed by atoms with E-state index < -0.39 is 0 Å². The lowest BCUT2D eigenvalue weighted by Crippen LogP contribution is -1.94. The number of nitrogens with zero attached hydrogens (tertiary/aromatic N) is 2. The van der Waals surface area contributed by atoms with Crippen molar-refractivity contribution in [2.45, 2.75) is 0 Å². The molecule has 0 saturated carbocycles. The molecule has 0 atom stereocenters. The summed E-state index contributed by atoms with van der Waals surface area (Å²) < 4.78 is 4.91. The van der Waals surface area contributed by atoms with Crippen LogP contribution < -0.4 is 0 Å². The van der Waals surface area contributed by atoms with Gasteiger partial charge in [-0.1, -0.05) is 103 Å². The van der Waals surface area contributed by atoms with Gasteiger partial charge in [0.05, 0.1) is 15.7 Å². The van der Waals surface area contributed by atoms with Crippen LogP contribution in [0.2, 0.25) is 0 Å². The third kappa shape index (κ3) is 3.98. The topological polar surface area (TPSA) is 17.8 Å². The predicted molar refractivity (Wildman–Crippen MR) is 188 cm³/mol. The summed E-state index contributed by atoms with van der Waals surface area (Å²) >= 11 is 1.82. The van der Waals surface area contributed by atoms with Crippen molar-refractivity contribution in [3.05, 3.63) is 158 Å². The van der Waals surface area contributed by atoms with Crippen LogP contribution in [0.5, 0.6) is 0 Å². The van der Waals surface area contributed by atoms with Crippen LogP contribution >= 0.6 is 11.3 Å². The zero-order valence-electron chi connectivity index (χ0n) is 23.8. The van der Waals surface area contributed by atoms with Crippen molar-refractivity contribution in [1.82, 2.24) is 9.55 Å². The van der Waals surface area contributed by atoms with Gasteiger partial charge in [0.1, 0.15) is 0 Å². The second-order valence-corrected chi connectivity index (χ2v) is 12.3. The molecule has 0 aliphatic heterocycles. The largest absolute Gasteiger partial charge is 0.309 e. The van der Waals surface area contributed by atoms with E-state index in [-0.39, 0.29) is 0 Å². The molecule has 2 nitrogen and oxygen atoms in total. The summed E-state index contributed by atoms with van der Waals surface area (Å²) in [5.41, 5.74) is 10.9. The lowest BCUT2D eigenvalue weighted by molar-refractivity contribution is 1.18. The molecule has 9 rings (SSSR count). The summed E-state index contributed by atoms with van der Waals surface area (Å²) in [4.78, 5) is 4.35. The number of hydrogen-bond acceptors (Lipinski definition) is 2. The van der Waals surface area contributed by atoms with Gasteiger partial charge in [0, 0.05) is 44.3 Å². The highest BCUT2D eigenvalue weighted by Crippen LogP contribution is 2.40. The van der Waals surface area contributed by atoms with Crippen LogP contribution in [0.3, 0.4) is 0 Å². The molecule has 0 aliphatic carbocycles. The van der Waals surface area contributed by atoms with Crippen LogP contribution in [0.1, 0.15) is 0 Å². The zero-order valence-corrected chi connectivity index (χ0v) is 24.6. The summed E-state index contributed by atoms with van der Waals surface area (Å²) in [6, 6.07) is 52.8. The number of benzene rings is 6. The maximum atomic E-state index is 4.35. The molecule has 9 aromatic rings. The van der Waals surface area contributed by atoms with E-state index in [9.17, 15) is 0 Å². The number of rotatable bonds is 4. The Labute approximate surface area is 259 Å². The second kappa shape index (κ2) is 10.0. The summed E-state index contributed by atoms with van der Waals surface area (Å²) in [5, 5.41) is 5.12. The average molecular weight is 579 g/mol. The maximum Gasteiger partial charge on any atom is 0.0541 e. The van der Waals surface area contributed by atoms with E-state index in [1.807, 2.05) is 23.7 Å². The number of fused-ring (bicyclic) bond motifs is 6. The Kier molecular flexibility index (Phi) is 5.71. The Morgan fingerprint density at radius 2 is 1.02 bits per heavy atom. The summed E-state index contributed by atoms with van der Waals surface area (Å²) in [7, 11) is 0. The van der Waals surface area contributed by atoms with E-state index in [1.165, 1.54) is 81.0 Å². The number of para-hydroxylation sites is 2. The third-order valence-electron chi connectivity index (χ3n) is 8.69. The molecule has 44 heavy (non-hydrogen) atoms. The summed E-state index contributed by atoms with van der Waals surface area (Å²) in [6.07, 6.45) is 3.86. The SMILES string of the molecule is c1cc(-c2cccc(-c3cccc4c3sc3cnccc34)c2)cc(-c2cccc(-n3c4ccccc4c4ccccc43)c2)c1. The zero-order chi connectivity index (χ0) is 29.0. The lowest BCUT2D eigenvalue weighted by Gasteiger charge is -2.12. The normalized spacial score (nSPS) is 11.6. The molecule has 0 spiro atoms. The van der Waals surface area contributed by atoms with Crippen molar-refractivity contribution in [2.24, 2.45) is 0 Å². The number of pyridine rings is 1. The highest BCUT2D eigenvalue weighted by molar-refractivity contribution is 7.26. The minimum Gasteiger partial charge on any atom is -0.309 e. The Bertz CT molecular complexity index is 2460. The molecule has 3 aromatic heterocycles. The first kappa shape index (κ1) is 25.0. The van der Waals surface area contributed by atoms with E-state index in [0.29, 0.717) is 0 Å². The highest BCUT2D eigenvalue weighted by atomic mass is 32.1. The first-order chi connectivity index (χ1) is 21.8. The van der Waals surface area contributed by atoms with Crippen molar-refractivity contribution in [1.29, 1.82) is 0 Å². The first-order valence-electron chi connectivity index (χ1n) is 14.9. The molecule has 0 amide bonds. The molecule has 0 saturated heterocycles. The monoisotopic (exact) mass is 578 g/mol. The van der Waals surface area contributed by atoms with E-state index in [4.69, 9.17) is 0 Å². The Morgan fingerprint density at radius 3 is 1.75 bits per heavy atom. The van der Waals surface area contributed by atoms with Crippen LogP contribution in [0, 0.1) is 0 Å². The van der Waals surface area contributed by atoms with Gasteiger partial charge in [-0.25, -0.2) is 0 Å². The van der Waals surface area contributed by atoms with Gasteiger partial charge < -0.3 is 4.57 Å². The highest BCUT2D eigenvalue weighted by Gasteiger charge is 2.13. The number of hydrogen-bond donors (Lipinski definition) is 0. The molecule has 3 heterocycles. The smallest absolute Gasteiger partial charge is 0.0541 e. The van der Waals surface area contributed by atoms with Gasteiger partial charge in [0.15, 0.2) is 0 Å². The summed E-state index contributed by atoms with van der Waals surface area (Å²) in [5.74, 6) is 0. The second-order valence-electron chi connectivity index (χ2n) is 11.2. The molecular weight excluding hydrogens is 553 g/mol. The molecule has 0 unspecified atom stereocenters. The first-order valence-corrected chi connectivity index (χ1v) is 15.7. The van der Waals surface area contributed by atoms with Crippen molar-refractivity contribution in [3.63, 3.8) is 0 Å². The average Bonchev–Trinajstić information content (AvgIpc) is 3.65. The molecule has 206 valence electrons. The molecule has 0 N–H and O–H groups in total. The molecule has 0 aliphatic rings. The van der Waals surface area contributed by atoms with Gasteiger partial charge in [-0.15, -0.1) is 11.3 Å². The lowest BCUT2D eigenvalue weighted by atomic mass is 9.95. The van der Waals surface area contributed by atoms with E-state index in [0.717, 1.165) is 0 Å². The maximum absolute atomic E-state index is 4.35. The van der Waals surface area contributed by atoms with Crippen molar-refractivity contribution >= 4 is 53.3 Å². The van der Waals surface area contributed by atoms with Crippen molar-refractivity contribution < 1.29 is 0 Å². The minimum atomic E-state index is 1.17. The van der Waals surface area contributed by atoms with Gasteiger partial charge in [-0.3, -0.25) is 4.98 Å². The Hall–Kier alpha value is -5.51. The molecule has 3 heteroatoms. The van der Waals surface area contributed by atoms with Gasteiger partial charge in [-0.05, 0) is 75.8 Å². The van der Waals surface area contributed by atoms with Crippen molar-refractivity contribution in [2.75, 3.05) is 0 Å². The standard InChI is InChI=1S/C41H26N2S/c1-3-19-38-34(15-1)35-16-2-4-20-39(35)43(38)32-14-7-12-30(25-32)28-10-5-9-27(23-28)29-11-6-13-31(24-29)33-17-8-18-37-36-21-22-42-26-40(36)44-41(33)37/h1-26H. The Balaban J connectivity index is 1.13. The van der Waals surface area contributed by atoms with E-state index >= 15 is 0 Å². The van der Waals surface area contributed by atoms with Gasteiger partial charge in [0.25, 0.3) is 0 Å². The molecule has 0 fully saturated rings. The fraction of sp³-hybridized carbons (Fsp3) is 0. The van der Waals surface area contributed by atoms with Crippen LogP contribution in [0.4, 0.5) is 0 Å². The molecule has 0 radical (unpaired) electrons. The van der Waals surface area contributed by atoms with Crippen LogP contribution in [0.25, 0.3) is 81.0 Å².